The fourth-order valence-corrected chi connectivity index (χ4v) is 7.34. The third-order valence-electron chi connectivity index (χ3n) is 8.93. The number of hydrogen-bond acceptors (Lipinski definition) is 7. The topological polar surface area (TPSA) is 107 Å². The highest BCUT2D eigenvalue weighted by molar-refractivity contribution is 6.11. The Morgan fingerprint density at radius 2 is 1.65 bits per heavy atom. The van der Waals surface area contributed by atoms with E-state index in [1.165, 1.54) is 19.1 Å². The number of allylic oxidation sites excluding steroid dienone is 2. The van der Waals surface area contributed by atoms with Gasteiger partial charge in [-0.05, 0) is 43.6 Å². The third kappa shape index (κ3) is 2.93. The van der Waals surface area contributed by atoms with Gasteiger partial charge in [0.25, 0.3) is 0 Å². The fourth-order valence-electron chi connectivity index (χ4n) is 7.34. The zero-order valence-corrected chi connectivity index (χ0v) is 20.7. The van der Waals surface area contributed by atoms with Gasteiger partial charge in [-0.25, -0.2) is 4.79 Å². The van der Waals surface area contributed by atoms with Crippen molar-refractivity contribution >= 4 is 29.5 Å². The van der Waals surface area contributed by atoms with Crippen molar-refractivity contribution in [1.82, 2.24) is 4.90 Å². The van der Waals surface area contributed by atoms with Crippen LogP contribution in [-0.2, 0) is 33.4 Å². The number of esters is 2. The number of likely N-dealkylation sites (tertiary alicyclic amines) is 1. The number of amides is 2. The summed E-state index contributed by atoms with van der Waals surface area (Å²) in [5.41, 5.74) is 0.758. The van der Waals surface area contributed by atoms with Crippen LogP contribution in [0, 0.1) is 40.9 Å². The number of rotatable bonds is 5. The molecule has 0 aromatic carbocycles. The van der Waals surface area contributed by atoms with E-state index in [9.17, 15) is 24.0 Å². The number of fused-ring (bicyclic) bond motifs is 2. The first kappa shape index (κ1) is 24.4. The number of carbonyl (C=O) groups excluding carboxylic acids is 5. The Morgan fingerprint density at radius 1 is 1.03 bits per heavy atom. The second-order valence-corrected chi connectivity index (χ2v) is 9.84. The highest BCUT2D eigenvalue weighted by Crippen LogP contribution is 2.64. The van der Waals surface area contributed by atoms with E-state index in [1.807, 2.05) is 20.8 Å². The van der Waals surface area contributed by atoms with E-state index in [4.69, 9.17) is 9.47 Å². The number of carbonyl (C=O) groups is 5. The predicted octanol–water partition coefficient (Wildman–Crippen LogP) is 2.47. The van der Waals surface area contributed by atoms with Gasteiger partial charge in [-0.1, -0.05) is 32.4 Å². The van der Waals surface area contributed by atoms with Gasteiger partial charge in [0.1, 0.15) is 0 Å². The lowest BCUT2D eigenvalue weighted by molar-refractivity contribution is -0.147. The summed E-state index contributed by atoms with van der Waals surface area (Å²) in [6.07, 6.45) is 2.71. The van der Waals surface area contributed by atoms with Crippen LogP contribution < -0.4 is 0 Å². The molecule has 1 fully saturated rings. The zero-order chi connectivity index (χ0) is 25.1. The van der Waals surface area contributed by atoms with Gasteiger partial charge in [-0.2, -0.15) is 0 Å². The molecule has 2 amide bonds. The van der Waals surface area contributed by atoms with Crippen LogP contribution in [0.2, 0.25) is 0 Å². The number of nitrogens with zero attached hydrogens (tertiary/aromatic N) is 1. The molecule has 4 rings (SSSR count). The largest absolute Gasteiger partial charge is 0.469 e. The smallest absolute Gasteiger partial charge is 0.333 e. The van der Waals surface area contributed by atoms with Crippen molar-refractivity contribution in [1.29, 1.82) is 0 Å². The van der Waals surface area contributed by atoms with Crippen LogP contribution >= 0.6 is 0 Å². The maximum atomic E-state index is 14.1. The maximum absolute atomic E-state index is 14.1. The number of Topliss-reactive ketones (excluding diaryl/α,β-unsaturated/α-hetero) is 1. The molecule has 8 heteroatoms. The number of ether oxygens (including phenoxy) is 2. The van der Waals surface area contributed by atoms with E-state index in [1.54, 1.807) is 13.0 Å². The normalized spacial score (nSPS) is 33.9. The van der Waals surface area contributed by atoms with E-state index in [2.05, 4.69) is 0 Å². The number of hydrogen-bond donors (Lipinski definition) is 0. The monoisotopic (exact) mass is 471 g/mol. The minimum Gasteiger partial charge on any atom is -0.469 e. The zero-order valence-electron chi connectivity index (χ0n) is 20.7. The van der Waals surface area contributed by atoms with Crippen molar-refractivity contribution in [2.24, 2.45) is 40.9 Å². The summed E-state index contributed by atoms with van der Waals surface area (Å²) in [4.78, 5) is 68.1. The number of methoxy groups -OCH3 is 2. The Labute approximate surface area is 199 Å². The van der Waals surface area contributed by atoms with Gasteiger partial charge in [-0.15, -0.1) is 0 Å². The Balaban J connectivity index is 2.03. The molecule has 0 spiro atoms. The van der Waals surface area contributed by atoms with Crippen molar-refractivity contribution in [3.05, 3.63) is 22.8 Å². The minimum atomic E-state index is -0.868. The molecule has 0 aromatic heterocycles. The molecule has 0 N–H and O–H groups in total. The minimum absolute atomic E-state index is 0.0348. The van der Waals surface area contributed by atoms with E-state index in [0.29, 0.717) is 18.4 Å². The molecule has 6 atom stereocenters. The molecule has 8 nitrogen and oxygen atoms in total. The molecule has 1 aliphatic heterocycles. The molecule has 3 aliphatic carbocycles. The summed E-state index contributed by atoms with van der Waals surface area (Å²) in [6.45, 7) is 7.72. The second-order valence-electron chi connectivity index (χ2n) is 9.84. The van der Waals surface area contributed by atoms with Crippen molar-refractivity contribution in [2.45, 2.75) is 47.0 Å². The van der Waals surface area contributed by atoms with E-state index < -0.39 is 52.9 Å². The van der Waals surface area contributed by atoms with Crippen LogP contribution in [-0.4, -0.2) is 55.2 Å². The molecule has 184 valence electrons. The summed E-state index contributed by atoms with van der Waals surface area (Å²) in [5, 5.41) is 0. The van der Waals surface area contributed by atoms with E-state index in [-0.39, 0.29) is 36.1 Å². The molecule has 0 saturated carbocycles. The van der Waals surface area contributed by atoms with Gasteiger partial charge in [-0.3, -0.25) is 24.1 Å². The molecule has 34 heavy (non-hydrogen) atoms. The van der Waals surface area contributed by atoms with Gasteiger partial charge >= 0.3 is 11.9 Å². The van der Waals surface area contributed by atoms with Gasteiger partial charge in [0, 0.05) is 23.5 Å². The molecular weight excluding hydrogens is 438 g/mol. The van der Waals surface area contributed by atoms with Gasteiger partial charge in [0.2, 0.25) is 11.8 Å². The summed E-state index contributed by atoms with van der Waals surface area (Å²) in [5.74, 6) is -5.38. The van der Waals surface area contributed by atoms with Crippen molar-refractivity contribution in [3.8, 4) is 0 Å². The second kappa shape index (κ2) is 8.47. The lowest BCUT2D eigenvalue weighted by Crippen LogP contribution is -2.41. The van der Waals surface area contributed by atoms with Crippen LogP contribution in [0.15, 0.2) is 22.8 Å². The van der Waals surface area contributed by atoms with Crippen LogP contribution in [0.25, 0.3) is 0 Å². The Hall–Kier alpha value is -2.77. The Kier molecular flexibility index (Phi) is 6.07. The first-order valence-corrected chi connectivity index (χ1v) is 12.2. The van der Waals surface area contributed by atoms with Crippen LogP contribution in [0.1, 0.15) is 47.0 Å². The first-order chi connectivity index (χ1) is 16.1. The third-order valence-corrected chi connectivity index (χ3v) is 8.93. The van der Waals surface area contributed by atoms with Crippen molar-refractivity contribution in [3.63, 3.8) is 0 Å². The number of imide groups is 1. The highest BCUT2D eigenvalue weighted by atomic mass is 16.5. The number of ketones is 1. The molecule has 0 bridgehead atoms. The van der Waals surface area contributed by atoms with Crippen molar-refractivity contribution < 1.29 is 33.4 Å². The average Bonchev–Trinajstić information content (AvgIpc) is 3.16. The molecule has 4 aliphatic rings. The first-order valence-electron chi connectivity index (χ1n) is 12.2. The molecular formula is C26H33NO7. The summed E-state index contributed by atoms with van der Waals surface area (Å²) in [7, 11) is 2.56. The molecule has 1 heterocycles. The Morgan fingerprint density at radius 3 is 2.18 bits per heavy atom. The molecule has 0 aromatic rings. The molecule has 0 radical (unpaired) electrons. The maximum Gasteiger partial charge on any atom is 0.333 e. The molecule has 0 unspecified atom stereocenters. The lowest BCUT2D eigenvalue weighted by Gasteiger charge is -2.39. The van der Waals surface area contributed by atoms with Crippen molar-refractivity contribution in [2.75, 3.05) is 20.8 Å². The Bertz CT molecular complexity index is 1030. The summed E-state index contributed by atoms with van der Waals surface area (Å²) < 4.78 is 10.2. The van der Waals surface area contributed by atoms with E-state index in [0.717, 1.165) is 5.57 Å². The average molecular weight is 472 g/mol. The highest BCUT2D eigenvalue weighted by Gasteiger charge is 2.66. The summed E-state index contributed by atoms with van der Waals surface area (Å²) in [6, 6.07) is 0. The van der Waals surface area contributed by atoms with Gasteiger partial charge < -0.3 is 9.47 Å². The van der Waals surface area contributed by atoms with Crippen LogP contribution in [0.3, 0.4) is 0 Å². The van der Waals surface area contributed by atoms with E-state index >= 15 is 0 Å². The predicted molar refractivity (Wildman–Crippen MR) is 121 cm³/mol. The van der Waals surface area contributed by atoms with Gasteiger partial charge in [0.15, 0.2) is 5.78 Å². The van der Waals surface area contributed by atoms with Gasteiger partial charge in [0.05, 0.1) is 32.0 Å². The quantitative estimate of drug-likeness (QED) is 0.448. The standard InChI is InChI=1S/C26H33NO7/c1-7-26(8-2)20-15(25(32)34-6)11-13(24(31)33-5)10-14-18(20)16(21(26)28)12(4)17-19(14)23(30)27(9-3)22(17)29/h11-12,14-15,17,19-20H,7-10H2,1-6H3/t12-,14+,15+,17-,19+,20+/m0/s1. The van der Waals surface area contributed by atoms with Crippen LogP contribution in [0.5, 0.6) is 0 Å². The lowest BCUT2D eigenvalue weighted by atomic mass is 9.61. The fraction of sp³-hybridized carbons (Fsp3) is 0.654. The molecule has 1 saturated heterocycles. The summed E-state index contributed by atoms with van der Waals surface area (Å²) >= 11 is 0. The SMILES string of the molecule is CCN1C(=O)[C@@H]2[C@H](C1=O)[C@@H]1CC(C(=O)OC)=C[C@@H](C(=O)OC)[C@@H]3C1=C(C(=O)C3(CC)CC)[C@@H]2C. The van der Waals surface area contributed by atoms with Crippen LogP contribution in [0.4, 0.5) is 0 Å².